The molecule has 0 spiro atoms. The van der Waals surface area contributed by atoms with Crippen LogP contribution in [-0.4, -0.2) is 34.3 Å². The van der Waals surface area contributed by atoms with E-state index in [9.17, 15) is 0 Å². The maximum atomic E-state index is 7.39. The van der Waals surface area contributed by atoms with Crippen molar-refractivity contribution in [3.63, 3.8) is 0 Å². The molecule has 2 heterocycles. The van der Waals surface area contributed by atoms with E-state index in [2.05, 4.69) is 9.97 Å². The smallest absolute Gasteiger partial charge is 0.144 e. The summed E-state index contributed by atoms with van der Waals surface area (Å²) in [6.07, 6.45) is 5.69. The third-order valence-corrected chi connectivity index (χ3v) is 3.46. The van der Waals surface area contributed by atoms with Crippen molar-refractivity contribution >= 4 is 17.6 Å². The molecule has 1 fully saturated rings. The fourth-order valence-corrected chi connectivity index (χ4v) is 2.60. The van der Waals surface area contributed by atoms with Crippen molar-refractivity contribution < 1.29 is 4.74 Å². The summed E-state index contributed by atoms with van der Waals surface area (Å²) in [7, 11) is 0. The molecule has 2 rings (SSSR count). The second-order valence-corrected chi connectivity index (χ2v) is 4.58. The monoisotopic (exact) mass is 238 g/mol. The van der Waals surface area contributed by atoms with Gasteiger partial charge in [0.2, 0.25) is 0 Å². The fourth-order valence-electron chi connectivity index (χ4n) is 1.56. The highest BCUT2D eigenvalue weighted by Gasteiger charge is 2.17. The lowest BCUT2D eigenvalue weighted by Gasteiger charge is -2.09. The number of rotatable bonds is 4. The molecule has 0 saturated carbocycles. The van der Waals surface area contributed by atoms with Crippen LogP contribution in [0.15, 0.2) is 17.4 Å². The van der Waals surface area contributed by atoms with Gasteiger partial charge in [0.25, 0.3) is 0 Å². The van der Waals surface area contributed by atoms with Gasteiger partial charge in [-0.25, -0.2) is 9.97 Å². The average Bonchev–Trinajstić information content (AvgIpc) is 2.79. The molecule has 1 atom stereocenters. The summed E-state index contributed by atoms with van der Waals surface area (Å²) < 4.78 is 5.52. The predicted molar refractivity (Wildman–Crippen MR) is 62.7 cm³/mol. The quantitative estimate of drug-likeness (QED) is 0.465. The highest BCUT2D eigenvalue weighted by atomic mass is 32.2. The van der Waals surface area contributed by atoms with Crippen molar-refractivity contribution in [2.45, 2.75) is 24.0 Å². The van der Waals surface area contributed by atoms with Gasteiger partial charge in [-0.2, -0.15) is 0 Å². The Morgan fingerprint density at radius 3 is 3.06 bits per heavy atom. The Kier molecular flexibility index (Phi) is 3.74. The number of aromatic nitrogens is 2. The van der Waals surface area contributed by atoms with Crippen LogP contribution in [0, 0.1) is 5.41 Å². The third-order valence-electron chi connectivity index (χ3n) is 2.35. The van der Waals surface area contributed by atoms with Gasteiger partial charge in [-0.15, -0.1) is 11.8 Å². The summed E-state index contributed by atoms with van der Waals surface area (Å²) in [6, 6.07) is 0. The lowest BCUT2D eigenvalue weighted by atomic mass is 10.3. The first-order chi connectivity index (χ1) is 7.77. The molecule has 0 aliphatic carbocycles. The van der Waals surface area contributed by atoms with Crippen LogP contribution < -0.4 is 5.73 Å². The zero-order valence-corrected chi connectivity index (χ0v) is 9.67. The second-order valence-electron chi connectivity index (χ2n) is 3.57. The molecule has 0 bridgehead atoms. The van der Waals surface area contributed by atoms with E-state index in [1.807, 2.05) is 0 Å². The number of nitrogens with zero attached hydrogens (tertiary/aromatic N) is 2. The molecule has 1 aliphatic rings. The minimum absolute atomic E-state index is 0.0389. The molecular formula is C10H14N4OS. The van der Waals surface area contributed by atoms with Crippen molar-refractivity contribution in [3.8, 4) is 0 Å². The molecular weight excluding hydrogens is 224 g/mol. The summed E-state index contributed by atoms with van der Waals surface area (Å²) in [5.41, 5.74) is 5.90. The molecule has 1 aromatic heterocycles. The zero-order chi connectivity index (χ0) is 11.4. The van der Waals surface area contributed by atoms with Gasteiger partial charge in [-0.05, 0) is 12.8 Å². The molecule has 0 radical (unpaired) electrons. The van der Waals surface area contributed by atoms with Crippen LogP contribution in [0.5, 0.6) is 0 Å². The average molecular weight is 238 g/mol. The van der Waals surface area contributed by atoms with E-state index in [1.54, 1.807) is 24.2 Å². The van der Waals surface area contributed by atoms with Crippen LogP contribution in [0.4, 0.5) is 0 Å². The number of nitrogen functional groups attached to an aromatic ring is 1. The van der Waals surface area contributed by atoms with Crippen molar-refractivity contribution in [2.75, 3.05) is 12.4 Å². The van der Waals surface area contributed by atoms with Gasteiger partial charge in [0, 0.05) is 24.8 Å². The number of nitrogens with two attached hydrogens (primary N) is 1. The first kappa shape index (κ1) is 11.3. The Morgan fingerprint density at radius 1 is 1.56 bits per heavy atom. The van der Waals surface area contributed by atoms with Gasteiger partial charge < -0.3 is 10.5 Å². The van der Waals surface area contributed by atoms with Crippen molar-refractivity contribution in [2.24, 2.45) is 5.73 Å². The SMILES string of the molecule is N=C(N)c1nccnc1SCC1CCCO1. The van der Waals surface area contributed by atoms with Gasteiger partial charge in [-0.3, -0.25) is 5.41 Å². The maximum absolute atomic E-state index is 7.39. The van der Waals surface area contributed by atoms with E-state index in [0.29, 0.717) is 16.8 Å². The molecule has 0 amide bonds. The number of amidine groups is 1. The number of thioether (sulfide) groups is 1. The summed E-state index contributed by atoms with van der Waals surface area (Å²) in [4.78, 5) is 8.23. The topological polar surface area (TPSA) is 84.9 Å². The van der Waals surface area contributed by atoms with E-state index < -0.39 is 0 Å². The highest BCUT2D eigenvalue weighted by molar-refractivity contribution is 7.99. The van der Waals surface area contributed by atoms with E-state index >= 15 is 0 Å². The molecule has 0 aromatic carbocycles. The van der Waals surface area contributed by atoms with E-state index in [-0.39, 0.29) is 5.84 Å². The molecule has 16 heavy (non-hydrogen) atoms. The van der Waals surface area contributed by atoms with Crippen LogP contribution in [0.1, 0.15) is 18.5 Å². The lowest BCUT2D eigenvalue weighted by molar-refractivity contribution is 0.129. The van der Waals surface area contributed by atoms with Gasteiger partial charge >= 0.3 is 0 Å². The molecule has 6 heteroatoms. The van der Waals surface area contributed by atoms with Crippen LogP contribution in [0.2, 0.25) is 0 Å². The Bertz CT molecular complexity index is 379. The van der Waals surface area contributed by atoms with Crippen molar-refractivity contribution in [1.82, 2.24) is 9.97 Å². The first-order valence-electron chi connectivity index (χ1n) is 5.17. The molecule has 86 valence electrons. The summed E-state index contributed by atoms with van der Waals surface area (Å²) in [5, 5.41) is 8.11. The standard InChI is InChI=1S/C10H14N4OS/c11-9(12)8-10(14-4-3-13-8)16-6-7-2-1-5-15-7/h3-4,7H,1-2,5-6H2,(H3,11,12). The molecule has 1 aliphatic heterocycles. The Morgan fingerprint density at radius 2 is 2.38 bits per heavy atom. The third kappa shape index (κ3) is 2.70. The van der Waals surface area contributed by atoms with Crippen LogP contribution in [0.3, 0.4) is 0 Å². The van der Waals surface area contributed by atoms with Crippen LogP contribution >= 0.6 is 11.8 Å². The first-order valence-corrected chi connectivity index (χ1v) is 6.15. The Hall–Kier alpha value is -1.14. The normalized spacial score (nSPS) is 19.9. The number of hydrogen-bond donors (Lipinski definition) is 2. The van der Waals surface area contributed by atoms with Crippen molar-refractivity contribution in [3.05, 3.63) is 18.1 Å². The van der Waals surface area contributed by atoms with E-state index in [4.69, 9.17) is 15.9 Å². The van der Waals surface area contributed by atoms with Gasteiger partial charge in [-0.1, -0.05) is 0 Å². The predicted octanol–water partition coefficient (Wildman–Crippen LogP) is 1.03. The van der Waals surface area contributed by atoms with Crippen molar-refractivity contribution in [1.29, 1.82) is 5.41 Å². The second kappa shape index (κ2) is 5.27. The summed E-state index contributed by atoms with van der Waals surface area (Å²) in [6.45, 7) is 0.852. The van der Waals surface area contributed by atoms with Gasteiger partial charge in [0.1, 0.15) is 16.6 Å². The molecule has 3 N–H and O–H groups in total. The number of nitrogens with one attached hydrogen (secondary N) is 1. The summed E-state index contributed by atoms with van der Waals surface area (Å²) >= 11 is 1.55. The van der Waals surface area contributed by atoms with E-state index in [0.717, 1.165) is 25.2 Å². The minimum atomic E-state index is -0.0389. The lowest BCUT2D eigenvalue weighted by Crippen LogP contribution is -2.16. The Balaban J connectivity index is 2.00. The molecule has 1 unspecified atom stereocenters. The maximum Gasteiger partial charge on any atom is 0.144 e. The van der Waals surface area contributed by atoms with Crippen LogP contribution in [-0.2, 0) is 4.74 Å². The van der Waals surface area contributed by atoms with E-state index in [1.165, 1.54) is 0 Å². The minimum Gasteiger partial charge on any atom is -0.382 e. The number of ether oxygens (including phenoxy) is 1. The molecule has 1 saturated heterocycles. The Labute approximate surface area is 98.3 Å². The van der Waals surface area contributed by atoms with Gasteiger partial charge in [0.05, 0.1) is 6.10 Å². The number of hydrogen-bond acceptors (Lipinski definition) is 5. The molecule has 5 nitrogen and oxygen atoms in total. The molecule has 1 aromatic rings. The zero-order valence-electron chi connectivity index (χ0n) is 8.85. The summed E-state index contributed by atoms with van der Waals surface area (Å²) in [5.74, 6) is 0.807. The highest BCUT2D eigenvalue weighted by Crippen LogP contribution is 2.23. The van der Waals surface area contributed by atoms with Gasteiger partial charge in [0.15, 0.2) is 0 Å². The van der Waals surface area contributed by atoms with Crippen LogP contribution in [0.25, 0.3) is 0 Å². The largest absolute Gasteiger partial charge is 0.382 e. The fraction of sp³-hybridized carbons (Fsp3) is 0.500.